The summed E-state index contributed by atoms with van der Waals surface area (Å²) in [6.45, 7) is 3.27. The van der Waals surface area contributed by atoms with Gasteiger partial charge in [0, 0.05) is 12.7 Å². The maximum Gasteiger partial charge on any atom is 0.181 e. The van der Waals surface area contributed by atoms with E-state index < -0.39 is 5.60 Å². The topological polar surface area (TPSA) is 36.9 Å². The van der Waals surface area contributed by atoms with Gasteiger partial charge in [-0.15, -0.1) is 0 Å². The molecule has 1 aromatic carbocycles. The van der Waals surface area contributed by atoms with E-state index >= 15 is 0 Å². The van der Waals surface area contributed by atoms with Crippen molar-refractivity contribution in [1.29, 1.82) is 0 Å². The predicted octanol–water partition coefficient (Wildman–Crippen LogP) is 2.12. The highest BCUT2D eigenvalue weighted by Crippen LogP contribution is 2.22. The van der Waals surface area contributed by atoms with E-state index in [0.717, 1.165) is 0 Å². The van der Waals surface area contributed by atoms with Crippen molar-refractivity contribution < 1.29 is 23.3 Å². The molecule has 0 aliphatic carbocycles. The zero-order chi connectivity index (χ0) is 13.7. The SMILES string of the molecule is COC[C@H]1OC[C@@](C)(OCc2ccccc2F)CO1. The summed E-state index contributed by atoms with van der Waals surface area (Å²) in [5, 5.41) is 0. The minimum absolute atomic E-state index is 0.199. The van der Waals surface area contributed by atoms with Crippen LogP contribution in [0.4, 0.5) is 4.39 Å². The summed E-state index contributed by atoms with van der Waals surface area (Å²) in [5.41, 5.74) is -0.0327. The van der Waals surface area contributed by atoms with Crippen LogP contribution in [0.3, 0.4) is 0 Å². The molecule has 0 amide bonds. The third kappa shape index (κ3) is 3.98. The van der Waals surface area contributed by atoms with Gasteiger partial charge in [0.05, 0.1) is 26.4 Å². The van der Waals surface area contributed by atoms with Crippen molar-refractivity contribution in [3.05, 3.63) is 35.6 Å². The van der Waals surface area contributed by atoms with Gasteiger partial charge >= 0.3 is 0 Å². The van der Waals surface area contributed by atoms with Crippen LogP contribution < -0.4 is 0 Å². The molecule has 19 heavy (non-hydrogen) atoms. The lowest BCUT2D eigenvalue weighted by Crippen LogP contribution is -2.48. The molecule has 1 saturated heterocycles. The van der Waals surface area contributed by atoms with E-state index in [-0.39, 0.29) is 18.7 Å². The summed E-state index contributed by atoms with van der Waals surface area (Å²) in [7, 11) is 1.59. The van der Waals surface area contributed by atoms with Crippen molar-refractivity contribution in [3.8, 4) is 0 Å². The Hall–Kier alpha value is -1.01. The first-order valence-electron chi connectivity index (χ1n) is 6.22. The summed E-state index contributed by atoms with van der Waals surface area (Å²) in [6, 6.07) is 6.57. The highest BCUT2D eigenvalue weighted by Gasteiger charge is 2.33. The average molecular weight is 270 g/mol. The van der Waals surface area contributed by atoms with E-state index in [9.17, 15) is 4.39 Å². The second kappa shape index (κ2) is 6.43. The molecule has 106 valence electrons. The summed E-state index contributed by atoms with van der Waals surface area (Å²) in [6.07, 6.45) is -0.352. The highest BCUT2D eigenvalue weighted by molar-refractivity contribution is 5.16. The molecule has 0 aromatic heterocycles. The van der Waals surface area contributed by atoms with E-state index in [1.165, 1.54) is 6.07 Å². The first-order chi connectivity index (χ1) is 9.13. The quantitative estimate of drug-likeness (QED) is 0.821. The van der Waals surface area contributed by atoms with E-state index in [1.54, 1.807) is 25.3 Å². The number of methoxy groups -OCH3 is 1. The average Bonchev–Trinajstić information content (AvgIpc) is 2.41. The molecule has 5 heteroatoms. The third-order valence-electron chi connectivity index (χ3n) is 2.99. The summed E-state index contributed by atoms with van der Waals surface area (Å²) in [5.74, 6) is -0.263. The minimum Gasteiger partial charge on any atom is -0.379 e. The molecule has 1 heterocycles. The summed E-state index contributed by atoms with van der Waals surface area (Å²) in [4.78, 5) is 0. The lowest BCUT2D eigenvalue weighted by molar-refractivity contribution is -0.273. The fraction of sp³-hybridized carbons (Fsp3) is 0.571. The summed E-state index contributed by atoms with van der Waals surface area (Å²) >= 11 is 0. The van der Waals surface area contributed by atoms with E-state index in [1.807, 2.05) is 6.92 Å². The highest BCUT2D eigenvalue weighted by atomic mass is 19.1. The molecule has 1 aromatic rings. The zero-order valence-electron chi connectivity index (χ0n) is 11.2. The maximum atomic E-state index is 13.5. The van der Waals surface area contributed by atoms with Crippen LogP contribution in [0, 0.1) is 5.82 Å². The molecule has 0 unspecified atom stereocenters. The van der Waals surface area contributed by atoms with E-state index in [4.69, 9.17) is 18.9 Å². The van der Waals surface area contributed by atoms with Gasteiger partial charge in [-0.1, -0.05) is 18.2 Å². The Morgan fingerprint density at radius 3 is 2.63 bits per heavy atom. The van der Waals surface area contributed by atoms with Gasteiger partial charge in [0.25, 0.3) is 0 Å². The van der Waals surface area contributed by atoms with Crippen LogP contribution in [0.25, 0.3) is 0 Å². The van der Waals surface area contributed by atoms with Crippen LogP contribution in [0.5, 0.6) is 0 Å². The first kappa shape index (κ1) is 14.4. The molecule has 2 rings (SSSR count). The molecule has 0 saturated carbocycles. The first-order valence-corrected chi connectivity index (χ1v) is 6.22. The van der Waals surface area contributed by atoms with Crippen molar-refractivity contribution in [2.45, 2.75) is 25.4 Å². The third-order valence-corrected chi connectivity index (χ3v) is 2.99. The number of halogens is 1. The Kier molecular flexibility index (Phi) is 4.87. The molecule has 0 atom stereocenters. The molecular weight excluding hydrogens is 251 g/mol. The predicted molar refractivity (Wildman–Crippen MR) is 67.2 cm³/mol. The van der Waals surface area contributed by atoms with Gasteiger partial charge in [0.15, 0.2) is 6.29 Å². The largest absolute Gasteiger partial charge is 0.379 e. The standard InChI is InChI=1S/C14H19FO4/c1-14(9-17-13(8-16-2)18-10-14)19-7-11-5-3-4-6-12(11)15/h3-6,13H,7-10H2,1-2H3/t13-,14+. The number of hydrogen-bond acceptors (Lipinski definition) is 4. The smallest absolute Gasteiger partial charge is 0.181 e. The molecule has 1 aliphatic heterocycles. The Balaban J connectivity index is 1.84. The van der Waals surface area contributed by atoms with Crippen molar-refractivity contribution in [1.82, 2.24) is 0 Å². The zero-order valence-corrected chi connectivity index (χ0v) is 11.2. The summed E-state index contributed by atoms with van der Waals surface area (Å²) < 4.78 is 35.1. The minimum atomic E-state index is -0.563. The van der Waals surface area contributed by atoms with Crippen molar-refractivity contribution >= 4 is 0 Å². The number of benzene rings is 1. The van der Waals surface area contributed by atoms with Crippen LogP contribution in [0.1, 0.15) is 12.5 Å². The Morgan fingerprint density at radius 2 is 2.00 bits per heavy atom. The van der Waals surface area contributed by atoms with Gasteiger partial charge in [-0.05, 0) is 13.0 Å². The normalized spacial score (nSPS) is 27.4. The van der Waals surface area contributed by atoms with E-state index in [2.05, 4.69) is 0 Å². The molecule has 4 nitrogen and oxygen atoms in total. The molecule has 0 N–H and O–H groups in total. The van der Waals surface area contributed by atoms with Gasteiger partial charge in [0.2, 0.25) is 0 Å². The van der Waals surface area contributed by atoms with Gasteiger partial charge in [0.1, 0.15) is 11.4 Å². The monoisotopic (exact) mass is 270 g/mol. The number of hydrogen-bond donors (Lipinski definition) is 0. The number of ether oxygens (including phenoxy) is 4. The van der Waals surface area contributed by atoms with Crippen molar-refractivity contribution in [3.63, 3.8) is 0 Å². The van der Waals surface area contributed by atoms with Crippen molar-refractivity contribution in [2.75, 3.05) is 26.9 Å². The Labute approximate surface area is 112 Å². The Morgan fingerprint density at radius 1 is 1.32 bits per heavy atom. The lowest BCUT2D eigenvalue weighted by atomic mass is 10.1. The molecule has 0 spiro atoms. The van der Waals surface area contributed by atoms with Gasteiger partial charge < -0.3 is 18.9 Å². The molecule has 0 bridgehead atoms. The maximum absolute atomic E-state index is 13.5. The molecule has 1 aliphatic rings. The fourth-order valence-electron chi connectivity index (χ4n) is 1.81. The molecular formula is C14H19FO4. The number of rotatable bonds is 5. The lowest BCUT2D eigenvalue weighted by Gasteiger charge is -2.37. The van der Waals surface area contributed by atoms with Crippen LogP contribution in [0.15, 0.2) is 24.3 Å². The Bertz CT molecular complexity index is 402. The van der Waals surface area contributed by atoms with Crippen LogP contribution in [0.2, 0.25) is 0 Å². The van der Waals surface area contributed by atoms with Gasteiger partial charge in [-0.25, -0.2) is 4.39 Å². The van der Waals surface area contributed by atoms with Gasteiger partial charge in [-0.3, -0.25) is 0 Å². The van der Waals surface area contributed by atoms with Crippen LogP contribution >= 0.6 is 0 Å². The fourth-order valence-corrected chi connectivity index (χ4v) is 1.81. The van der Waals surface area contributed by atoms with Gasteiger partial charge in [-0.2, -0.15) is 0 Å². The van der Waals surface area contributed by atoms with E-state index in [0.29, 0.717) is 25.4 Å². The second-order valence-electron chi connectivity index (χ2n) is 4.84. The molecule has 1 fully saturated rings. The van der Waals surface area contributed by atoms with Crippen LogP contribution in [-0.4, -0.2) is 38.8 Å². The second-order valence-corrected chi connectivity index (χ2v) is 4.84. The van der Waals surface area contributed by atoms with Crippen molar-refractivity contribution in [2.24, 2.45) is 0 Å². The molecule has 0 radical (unpaired) electrons. The van der Waals surface area contributed by atoms with Crippen LogP contribution in [-0.2, 0) is 25.6 Å².